The third-order valence-electron chi connectivity index (χ3n) is 3.81. The number of amides is 2. The summed E-state index contributed by atoms with van der Waals surface area (Å²) in [5, 5.41) is 0. The lowest BCUT2D eigenvalue weighted by Gasteiger charge is -2.15. The van der Waals surface area contributed by atoms with Crippen molar-refractivity contribution in [3.63, 3.8) is 0 Å². The Morgan fingerprint density at radius 1 is 1.00 bits per heavy atom. The number of fused-ring (bicyclic) bond motifs is 1. The third-order valence-corrected chi connectivity index (χ3v) is 3.81. The summed E-state index contributed by atoms with van der Waals surface area (Å²) in [7, 11) is 0. The summed E-state index contributed by atoms with van der Waals surface area (Å²) in [4.78, 5) is 52.3. The maximum atomic E-state index is 12.4. The second-order valence-corrected chi connectivity index (χ2v) is 5.63. The zero-order chi connectivity index (χ0) is 16.7. The minimum Gasteiger partial charge on any atom is -0.314 e. The van der Waals surface area contributed by atoms with E-state index in [0.717, 1.165) is 9.47 Å². The molecule has 0 fully saturated rings. The molecule has 7 nitrogen and oxygen atoms in total. The van der Waals surface area contributed by atoms with Crippen LogP contribution < -0.4 is 11.2 Å². The molecule has 0 unspecified atom stereocenters. The number of aromatic amines is 1. The van der Waals surface area contributed by atoms with Crippen molar-refractivity contribution in [2.75, 3.05) is 0 Å². The van der Waals surface area contributed by atoms with Crippen molar-refractivity contribution in [1.29, 1.82) is 0 Å². The number of imide groups is 1. The lowest BCUT2D eigenvalue weighted by molar-refractivity contribution is 0.0641. The summed E-state index contributed by atoms with van der Waals surface area (Å²) < 4.78 is 1.06. The van der Waals surface area contributed by atoms with Crippen molar-refractivity contribution in [2.24, 2.45) is 0 Å². The number of benzene rings is 1. The maximum absolute atomic E-state index is 12.4. The van der Waals surface area contributed by atoms with Gasteiger partial charge in [0.05, 0.1) is 23.2 Å². The Bertz CT molecular complexity index is 888. The van der Waals surface area contributed by atoms with Crippen molar-refractivity contribution < 1.29 is 9.59 Å². The van der Waals surface area contributed by atoms with Gasteiger partial charge in [-0.3, -0.25) is 23.9 Å². The van der Waals surface area contributed by atoms with Gasteiger partial charge in [-0.25, -0.2) is 4.79 Å². The third kappa shape index (κ3) is 2.30. The Morgan fingerprint density at radius 3 is 2.09 bits per heavy atom. The highest BCUT2D eigenvalue weighted by molar-refractivity contribution is 6.21. The second kappa shape index (κ2) is 5.35. The summed E-state index contributed by atoms with van der Waals surface area (Å²) in [6, 6.07) is 6.19. The van der Waals surface area contributed by atoms with Crippen LogP contribution in [0.4, 0.5) is 0 Å². The highest BCUT2D eigenvalue weighted by Gasteiger charge is 2.35. The molecule has 0 atom stereocenters. The number of nitrogens with zero attached hydrogens (tertiary/aromatic N) is 2. The first kappa shape index (κ1) is 15.0. The van der Waals surface area contributed by atoms with E-state index in [1.54, 1.807) is 38.1 Å². The van der Waals surface area contributed by atoms with Gasteiger partial charge in [0.15, 0.2) is 0 Å². The molecule has 1 N–H and O–H groups in total. The van der Waals surface area contributed by atoms with E-state index in [9.17, 15) is 19.2 Å². The SMILES string of the molecule is CC(C)n1c(=O)[nH]cc(CN2C(=O)c3ccccc3C2=O)c1=O. The molecule has 1 aromatic heterocycles. The van der Waals surface area contributed by atoms with Gasteiger partial charge in [-0.1, -0.05) is 12.1 Å². The van der Waals surface area contributed by atoms with E-state index in [-0.39, 0.29) is 18.2 Å². The molecule has 118 valence electrons. The summed E-state index contributed by atoms with van der Waals surface area (Å²) in [6.45, 7) is 3.25. The highest BCUT2D eigenvalue weighted by Crippen LogP contribution is 2.23. The van der Waals surface area contributed by atoms with Gasteiger partial charge in [-0.05, 0) is 26.0 Å². The van der Waals surface area contributed by atoms with E-state index in [0.29, 0.717) is 11.1 Å². The first-order valence-electron chi connectivity index (χ1n) is 7.20. The van der Waals surface area contributed by atoms with Crippen LogP contribution in [0.1, 0.15) is 46.2 Å². The highest BCUT2D eigenvalue weighted by atomic mass is 16.2. The van der Waals surface area contributed by atoms with Crippen molar-refractivity contribution >= 4 is 11.8 Å². The summed E-state index contributed by atoms with van der Waals surface area (Å²) in [5.74, 6) is -0.875. The molecule has 1 aliphatic heterocycles. The maximum Gasteiger partial charge on any atom is 0.328 e. The first-order chi connectivity index (χ1) is 10.9. The van der Waals surface area contributed by atoms with E-state index < -0.39 is 23.1 Å². The molecule has 1 aromatic carbocycles. The summed E-state index contributed by atoms with van der Waals surface area (Å²) >= 11 is 0. The van der Waals surface area contributed by atoms with Gasteiger partial charge in [0, 0.05) is 12.2 Å². The number of aromatic nitrogens is 2. The monoisotopic (exact) mass is 313 g/mol. The fourth-order valence-corrected chi connectivity index (χ4v) is 2.66. The Balaban J connectivity index is 2.01. The van der Waals surface area contributed by atoms with Gasteiger partial charge in [-0.2, -0.15) is 0 Å². The molecule has 0 spiro atoms. The van der Waals surface area contributed by atoms with Gasteiger partial charge < -0.3 is 4.98 Å². The predicted molar refractivity (Wildman–Crippen MR) is 82.4 cm³/mol. The van der Waals surface area contributed by atoms with Crippen LogP contribution in [-0.2, 0) is 6.54 Å². The van der Waals surface area contributed by atoms with Gasteiger partial charge in [0.2, 0.25) is 0 Å². The van der Waals surface area contributed by atoms with Crippen LogP contribution in [0.5, 0.6) is 0 Å². The molecule has 0 bridgehead atoms. The Hall–Kier alpha value is -2.96. The summed E-state index contributed by atoms with van der Waals surface area (Å²) in [6.07, 6.45) is 1.26. The number of hydrogen-bond acceptors (Lipinski definition) is 4. The standard InChI is InChI=1S/C16H15N3O4/c1-9(2)19-13(20)10(7-17-16(19)23)8-18-14(21)11-5-3-4-6-12(11)15(18)22/h3-7,9H,8H2,1-2H3,(H,17,23). The van der Waals surface area contributed by atoms with E-state index in [2.05, 4.69) is 4.98 Å². The van der Waals surface area contributed by atoms with Crippen molar-refractivity contribution in [3.05, 3.63) is 68.0 Å². The number of hydrogen-bond donors (Lipinski definition) is 1. The van der Waals surface area contributed by atoms with Crippen LogP contribution in [0.15, 0.2) is 40.1 Å². The molecule has 23 heavy (non-hydrogen) atoms. The smallest absolute Gasteiger partial charge is 0.314 e. The lowest BCUT2D eigenvalue weighted by atomic mass is 10.1. The van der Waals surface area contributed by atoms with Gasteiger partial charge in [0.25, 0.3) is 17.4 Å². The minimum atomic E-state index is -0.517. The minimum absolute atomic E-state index is 0.172. The molecule has 1 aliphatic rings. The number of rotatable bonds is 3. The van der Waals surface area contributed by atoms with Crippen LogP contribution in [0.3, 0.4) is 0 Å². The largest absolute Gasteiger partial charge is 0.328 e. The molecule has 0 saturated heterocycles. The molecule has 0 radical (unpaired) electrons. The number of H-pyrrole nitrogens is 1. The molecular formula is C16H15N3O4. The van der Waals surface area contributed by atoms with Gasteiger partial charge in [-0.15, -0.1) is 0 Å². The molecule has 2 heterocycles. The van der Waals surface area contributed by atoms with Crippen molar-refractivity contribution in [2.45, 2.75) is 26.4 Å². The van der Waals surface area contributed by atoms with Crippen LogP contribution in [-0.4, -0.2) is 26.3 Å². The van der Waals surface area contributed by atoms with Crippen LogP contribution in [0, 0.1) is 0 Å². The Kier molecular flexibility index (Phi) is 3.48. The van der Waals surface area contributed by atoms with Crippen LogP contribution >= 0.6 is 0 Å². The summed E-state index contributed by atoms with van der Waals surface area (Å²) in [5.41, 5.74) is -0.179. The number of nitrogens with one attached hydrogen (secondary N) is 1. The average Bonchev–Trinajstić information content (AvgIpc) is 2.75. The molecule has 2 aromatic rings. The Morgan fingerprint density at radius 2 is 1.57 bits per heavy atom. The quantitative estimate of drug-likeness (QED) is 0.853. The first-order valence-corrected chi connectivity index (χ1v) is 7.20. The Labute approximate surface area is 131 Å². The zero-order valence-electron chi connectivity index (χ0n) is 12.7. The number of carbonyl (C=O) groups is 2. The van der Waals surface area contributed by atoms with E-state index in [1.807, 2.05) is 0 Å². The molecular weight excluding hydrogens is 298 g/mol. The molecule has 3 rings (SSSR count). The predicted octanol–water partition coefficient (Wildman–Crippen LogP) is 0.914. The average molecular weight is 313 g/mol. The van der Waals surface area contributed by atoms with Crippen molar-refractivity contribution in [1.82, 2.24) is 14.5 Å². The van der Waals surface area contributed by atoms with Crippen LogP contribution in [0.25, 0.3) is 0 Å². The molecule has 0 aliphatic carbocycles. The van der Waals surface area contributed by atoms with E-state index in [4.69, 9.17) is 0 Å². The fraction of sp³-hybridized carbons (Fsp3) is 0.250. The molecule has 0 saturated carbocycles. The normalized spacial score (nSPS) is 13.8. The van der Waals surface area contributed by atoms with Crippen molar-refractivity contribution in [3.8, 4) is 0 Å². The number of carbonyl (C=O) groups excluding carboxylic acids is 2. The second-order valence-electron chi connectivity index (χ2n) is 5.63. The fourth-order valence-electron chi connectivity index (χ4n) is 2.66. The van der Waals surface area contributed by atoms with Crippen LogP contribution in [0.2, 0.25) is 0 Å². The molecule has 7 heteroatoms. The van der Waals surface area contributed by atoms with Gasteiger partial charge >= 0.3 is 5.69 Å². The van der Waals surface area contributed by atoms with E-state index in [1.165, 1.54) is 6.20 Å². The lowest BCUT2D eigenvalue weighted by Crippen LogP contribution is -2.40. The zero-order valence-corrected chi connectivity index (χ0v) is 12.7. The van der Waals surface area contributed by atoms with E-state index >= 15 is 0 Å². The molecule has 2 amide bonds. The van der Waals surface area contributed by atoms with Gasteiger partial charge in [0.1, 0.15) is 0 Å². The topological polar surface area (TPSA) is 92.2 Å².